The van der Waals surface area contributed by atoms with Crippen LogP contribution in [0.5, 0.6) is 0 Å². The highest BCUT2D eigenvalue weighted by molar-refractivity contribution is 6.34. The van der Waals surface area contributed by atoms with Crippen molar-refractivity contribution in [2.45, 2.75) is 31.3 Å². The Labute approximate surface area is 121 Å². The fraction of sp³-hybridized carbons (Fsp3) is 0.429. The normalized spacial score (nSPS) is 27.6. The summed E-state index contributed by atoms with van der Waals surface area (Å²) in [4.78, 5) is 23.5. The highest BCUT2D eigenvalue weighted by Gasteiger charge is 2.42. The minimum Gasteiger partial charge on any atom is -0.478 e. The van der Waals surface area contributed by atoms with Crippen LogP contribution in [0, 0.1) is 5.92 Å². The van der Waals surface area contributed by atoms with Crippen LogP contribution in [0.15, 0.2) is 18.2 Å². The van der Waals surface area contributed by atoms with Gasteiger partial charge in [0.1, 0.15) is 5.56 Å². The van der Waals surface area contributed by atoms with Gasteiger partial charge in [-0.05, 0) is 31.4 Å². The van der Waals surface area contributed by atoms with E-state index >= 15 is 0 Å². The molecule has 2 saturated heterocycles. The third-order valence-corrected chi connectivity index (χ3v) is 4.44. The van der Waals surface area contributed by atoms with Gasteiger partial charge in [-0.15, -0.1) is 0 Å². The molecule has 0 saturated carbocycles. The number of rotatable bonds is 3. The van der Waals surface area contributed by atoms with Gasteiger partial charge in [0.25, 0.3) is 0 Å². The first-order valence-electron chi connectivity index (χ1n) is 6.65. The van der Waals surface area contributed by atoms with E-state index in [-0.39, 0.29) is 34.1 Å². The van der Waals surface area contributed by atoms with Crippen molar-refractivity contribution in [2.75, 3.05) is 5.32 Å². The third kappa shape index (κ3) is 2.27. The summed E-state index contributed by atoms with van der Waals surface area (Å²) in [6, 6.07) is 5.33. The number of fused-ring (bicyclic) bond motifs is 2. The van der Waals surface area contributed by atoms with Crippen LogP contribution in [-0.4, -0.2) is 29.1 Å². The fourth-order valence-corrected chi connectivity index (χ4v) is 3.44. The first kappa shape index (κ1) is 13.4. The number of carbonyl (C=O) groups excluding carboxylic acids is 1. The summed E-state index contributed by atoms with van der Waals surface area (Å²) in [6.07, 6.45) is 2.94. The average Bonchev–Trinajstić information content (AvgIpc) is 3.00. The summed E-state index contributed by atoms with van der Waals surface area (Å²) in [5.41, 5.74) is 0.205. The largest absolute Gasteiger partial charge is 0.478 e. The van der Waals surface area contributed by atoms with Crippen LogP contribution < -0.4 is 10.6 Å². The molecule has 0 aromatic heterocycles. The molecule has 2 heterocycles. The standard InChI is InChI=1S/C14H15ClN2O3/c15-9-2-1-3-11(12(9)14(19)20)17-13(18)8-6-7-4-5-10(8)16-7/h1-3,7-8,10,16H,4-6H2,(H,17,18)(H,19,20). The highest BCUT2D eigenvalue weighted by Crippen LogP contribution is 2.34. The van der Waals surface area contributed by atoms with E-state index in [4.69, 9.17) is 11.6 Å². The van der Waals surface area contributed by atoms with E-state index in [2.05, 4.69) is 10.6 Å². The first-order chi connectivity index (χ1) is 9.56. The van der Waals surface area contributed by atoms with Gasteiger partial charge in [-0.25, -0.2) is 4.79 Å². The molecule has 106 valence electrons. The maximum atomic E-state index is 12.3. The molecule has 1 aromatic carbocycles. The third-order valence-electron chi connectivity index (χ3n) is 4.12. The van der Waals surface area contributed by atoms with E-state index in [1.165, 1.54) is 6.07 Å². The average molecular weight is 295 g/mol. The highest BCUT2D eigenvalue weighted by atomic mass is 35.5. The van der Waals surface area contributed by atoms with Gasteiger partial charge in [0, 0.05) is 12.1 Å². The molecule has 3 atom stereocenters. The Kier molecular flexibility index (Phi) is 3.40. The molecule has 0 aliphatic carbocycles. The van der Waals surface area contributed by atoms with Crippen molar-refractivity contribution in [1.29, 1.82) is 0 Å². The number of carbonyl (C=O) groups is 2. The molecule has 2 aliphatic heterocycles. The number of nitrogens with one attached hydrogen (secondary N) is 2. The van der Waals surface area contributed by atoms with Crippen molar-refractivity contribution in [1.82, 2.24) is 5.32 Å². The fourth-order valence-electron chi connectivity index (χ4n) is 3.19. The molecule has 1 amide bonds. The van der Waals surface area contributed by atoms with Crippen molar-refractivity contribution in [3.8, 4) is 0 Å². The zero-order valence-electron chi connectivity index (χ0n) is 10.7. The Morgan fingerprint density at radius 3 is 2.75 bits per heavy atom. The summed E-state index contributed by atoms with van der Waals surface area (Å²) >= 11 is 5.89. The predicted molar refractivity (Wildman–Crippen MR) is 75.1 cm³/mol. The lowest BCUT2D eigenvalue weighted by atomic mass is 9.88. The number of aromatic carboxylic acids is 1. The smallest absolute Gasteiger partial charge is 0.339 e. The summed E-state index contributed by atoms with van der Waals surface area (Å²) in [7, 11) is 0. The number of anilines is 1. The second-order valence-corrected chi connectivity index (χ2v) is 5.75. The van der Waals surface area contributed by atoms with Gasteiger partial charge in [-0.2, -0.15) is 0 Å². The molecule has 5 nitrogen and oxygen atoms in total. The minimum atomic E-state index is -1.14. The zero-order chi connectivity index (χ0) is 14.3. The molecular weight excluding hydrogens is 280 g/mol. The van der Waals surface area contributed by atoms with Crippen LogP contribution in [-0.2, 0) is 4.79 Å². The maximum absolute atomic E-state index is 12.3. The van der Waals surface area contributed by atoms with E-state index in [0.717, 1.165) is 19.3 Å². The van der Waals surface area contributed by atoms with E-state index in [1.54, 1.807) is 12.1 Å². The van der Waals surface area contributed by atoms with E-state index < -0.39 is 5.97 Å². The molecule has 2 aliphatic rings. The van der Waals surface area contributed by atoms with E-state index in [0.29, 0.717) is 6.04 Å². The molecule has 3 rings (SSSR count). The number of carboxylic acid groups (broad SMARTS) is 1. The molecule has 3 N–H and O–H groups in total. The summed E-state index contributed by atoms with van der Waals surface area (Å²) in [6.45, 7) is 0. The molecule has 2 bridgehead atoms. The quantitative estimate of drug-likeness (QED) is 0.798. The van der Waals surface area contributed by atoms with Crippen LogP contribution in [0.2, 0.25) is 5.02 Å². The van der Waals surface area contributed by atoms with E-state index in [1.807, 2.05) is 0 Å². The van der Waals surface area contributed by atoms with Gasteiger partial charge >= 0.3 is 5.97 Å². The SMILES string of the molecule is O=C(O)c1c(Cl)cccc1NC(=O)C1CC2CCC1N2. The van der Waals surface area contributed by atoms with Gasteiger partial charge in [-0.1, -0.05) is 17.7 Å². The summed E-state index contributed by atoms with van der Waals surface area (Å²) in [5.74, 6) is -1.36. The van der Waals surface area contributed by atoms with Crippen LogP contribution in [0.4, 0.5) is 5.69 Å². The van der Waals surface area contributed by atoms with Gasteiger partial charge in [0.05, 0.1) is 16.6 Å². The van der Waals surface area contributed by atoms with E-state index in [9.17, 15) is 14.7 Å². The molecule has 6 heteroatoms. The number of hydrogen-bond donors (Lipinski definition) is 3. The molecule has 2 fully saturated rings. The summed E-state index contributed by atoms with van der Waals surface area (Å²) < 4.78 is 0. The van der Waals surface area contributed by atoms with Crippen LogP contribution >= 0.6 is 11.6 Å². The molecule has 3 unspecified atom stereocenters. The monoisotopic (exact) mass is 294 g/mol. The Balaban J connectivity index is 1.80. The van der Waals surface area contributed by atoms with Gasteiger partial charge < -0.3 is 15.7 Å². The lowest BCUT2D eigenvalue weighted by Gasteiger charge is -2.20. The van der Waals surface area contributed by atoms with Gasteiger partial charge in [0.15, 0.2) is 0 Å². The molecule has 0 spiro atoms. The number of benzene rings is 1. The first-order valence-corrected chi connectivity index (χ1v) is 7.03. The van der Waals surface area contributed by atoms with Crippen LogP contribution in [0.3, 0.4) is 0 Å². The molecule has 0 radical (unpaired) electrons. The lowest BCUT2D eigenvalue weighted by Crippen LogP contribution is -2.33. The van der Waals surface area contributed by atoms with Crippen LogP contribution in [0.25, 0.3) is 0 Å². The second-order valence-electron chi connectivity index (χ2n) is 5.35. The van der Waals surface area contributed by atoms with Gasteiger partial charge in [0.2, 0.25) is 5.91 Å². The minimum absolute atomic E-state index is 0.0568. The Hall–Kier alpha value is -1.59. The molecular formula is C14H15ClN2O3. The Morgan fingerprint density at radius 2 is 2.15 bits per heavy atom. The zero-order valence-corrected chi connectivity index (χ0v) is 11.5. The van der Waals surface area contributed by atoms with Crippen molar-refractivity contribution >= 4 is 29.2 Å². The number of carboxylic acids is 1. The Morgan fingerprint density at radius 1 is 1.35 bits per heavy atom. The Bertz CT molecular complexity index is 576. The molecule has 1 aromatic rings. The van der Waals surface area contributed by atoms with Gasteiger partial charge in [-0.3, -0.25) is 4.79 Å². The van der Waals surface area contributed by atoms with Crippen molar-refractivity contribution in [2.24, 2.45) is 5.92 Å². The number of halogens is 1. The topological polar surface area (TPSA) is 78.4 Å². The van der Waals surface area contributed by atoms with Crippen LogP contribution in [0.1, 0.15) is 29.6 Å². The molecule has 20 heavy (non-hydrogen) atoms. The second kappa shape index (κ2) is 5.07. The number of hydrogen-bond acceptors (Lipinski definition) is 3. The summed E-state index contributed by atoms with van der Waals surface area (Å²) in [5, 5.41) is 15.4. The van der Waals surface area contributed by atoms with Crippen molar-refractivity contribution in [3.63, 3.8) is 0 Å². The lowest BCUT2D eigenvalue weighted by molar-refractivity contribution is -0.120. The van der Waals surface area contributed by atoms with Crippen molar-refractivity contribution < 1.29 is 14.7 Å². The van der Waals surface area contributed by atoms with Crippen molar-refractivity contribution in [3.05, 3.63) is 28.8 Å². The number of amides is 1. The maximum Gasteiger partial charge on any atom is 0.339 e. The predicted octanol–water partition coefficient (Wildman–Crippen LogP) is 2.12.